The summed E-state index contributed by atoms with van der Waals surface area (Å²) in [7, 11) is 0. The summed E-state index contributed by atoms with van der Waals surface area (Å²) in [5, 5.41) is 12.0. The van der Waals surface area contributed by atoms with E-state index < -0.39 is 5.91 Å². The van der Waals surface area contributed by atoms with Crippen LogP contribution in [-0.4, -0.2) is 16.0 Å². The number of aromatic nitrogens is 1. The van der Waals surface area contributed by atoms with Crippen LogP contribution in [-0.2, 0) is 0 Å². The molecule has 0 spiro atoms. The first-order chi connectivity index (χ1) is 8.08. The van der Waals surface area contributed by atoms with Gasteiger partial charge < -0.3 is 14.8 Å². The van der Waals surface area contributed by atoms with Crippen molar-refractivity contribution in [3.05, 3.63) is 41.1 Å². The van der Waals surface area contributed by atoms with Crippen LogP contribution in [0.15, 0.2) is 29.0 Å². The molecule has 2 N–H and O–H groups in total. The Balaban J connectivity index is 2.22. The molecule has 0 bridgehead atoms. The van der Waals surface area contributed by atoms with Gasteiger partial charge in [-0.3, -0.25) is 4.79 Å². The predicted octanol–water partition coefficient (Wildman–Crippen LogP) is 2.59. The van der Waals surface area contributed by atoms with Crippen molar-refractivity contribution in [3.8, 4) is 5.75 Å². The van der Waals surface area contributed by atoms with Crippen molar-refractivity contribution in [1.29, 1.82) is 0 Å². The summed E-state index contributed by atoms with van der Waals surface area (Å²) in [4.78, 5) is 15.6. The molecule has 0 aliphatic carbocycles. The minimum atomic E-state index is -0.437. The second kappa shape index (κ2) is 4.47. The van der Waals surface area contributed by atoms with Gasteiger partial charge in [0.05, 0.1) is 16.4 Å². The molecule has 0 radical (unpaired) electrons. The number of oxazole rings is 1. The second-order valence-electron chi connectivity index (χ2n) is 3.39. The van der Waals surface area contributed by atoms with E-state index in [1.165, 1.54) is 24.6 Å². The molecule has 0 aliphatic rings. The normalized spacial score (nSPS) is 10.2. The number of hydrogen-bond acceptors (Lipinski definition) is 4. The number of halogens is 1. The average Bonchev–Trinajstić information content (AvgIpc) is 2.68. The molecule has 2 aromatic rings. The zero-order chi connectivity index (χ0) is 12.4. The molecule has 5 nitrogen and oxygen atoms in total. The van der Waals surface area contributed by atoms with Crippen molar-refractivity contribution in [3.63, 3.8) is 0 Å². The van der Waals surface area contributed by atoms with Gasteiger partial charge in [-0.05, 0) is 19.1 Å². The standard InChI is InChI=1S/C11H9ClN2O3/c1-6-10(17-5-13-6)11(16)14-9-3-2-7(15)4-8(9)12/h2-5,15H,1H3,(H,14,16). The number of aryl methyl sites for hydroxylation is 1. The van der Waals surface area contributed by atoms with Crippen molar-refractivity contribution in [2.24, 2.45) is 0 Å². The van der Waals surface area contributed by atoms with E-state index in [1.54, 1.807) is 6.92 Å². The van der Waals surface area contributed by atoms with Gasteiger partial charge in [-0.2, -0.15) is 0 Å². The molecule has 0 unspecified atom stereocenters. The third-order valence-electron chi connectivity index (χ3n) is 2.15. The number of amides is 1. The van der Waals surface area contributed by atoms with Gasteiger partial charge in [0, 0.05) is 6.07 Å². The average molecular weight is 253 g/mol. The van der Waals surface area contributed by atoms with Crippen LogP contribution in [0.3, 0.4) is 0 Å². The number of rotatable bonds is 2. The molecule has 0 saturated heterocycles. The summed E-state index contributed by atoms with van der Waals surface area (Å²) in [6.45, 7) is 1.66. The summed E-state index contributed by atoms with van der Waals surface area (Å²) in [6.07, 6.45) is 1.20. The van der Waals surface area contributed by atoms with Crippen LogP contribution in [0, 0.1) is 6.92 Å². The van der Waals surface area contributed by atoms with E-state index in [0.29, 0.717) is 11.4 Å². The lowest BCUT2D eigenvalue weighted by Crippen LogP contribution is -2.12. The minimum absolute atomic E-state index is 0.0313. The van der Waals surface area contributed by atoms with Gasteiger partial charge in [-0.25, -0.2) is 4.98 Å². The molecule has 0 aliphatic heterocycles. The van der Waals surface area contributed by atoms with Gasteiger partial charge in [0.15, 0.2) is 6.39 Å². The maximum Gasteiger partial charge on any atom is 0.293 e. The maximum atomic E-state index is 11.8. The number of carbonyl (C=O) groups excluding carboxylic acids is 1. The Hall–Kier alpha value is -2.01. The molecule has 0 fully saturated rings. The van der Waals surface area contributed by atoms with Crippen molar-refractivity contribution in [1.82, 2.24) is 4.98 Å². The lowest BCUT2D eigenvalue weighted by molar-refractivity contribution is 0.0996. The van der Waals surface area contributed by atoms with Crippen LogP contribution < -0.4 is 5.32 Å². The summed E-state index contributed by atoms with van der Waals surface area (Å²) in [6, 6.07) is 4.26. The van der Waals surface area contributed by atoms with Crippen molar-refractivity contribution >= 4 is 23.2 Å². The van der Waals surface area contributed by atoms with Crippen molar-refractivity contribution in [2.45, 2.75) is 6.92 Å². The monoisotopic (exact) mass is 252 g/mol. The van der Waals surface area contributed by atoms with E-state index in [9.17, 15) is 9.90 Å². The molecule has 88 valence electrons. The molecule has 1 amide bonds. The van der Waals surface area contributed by atoms with Crippen molar-refractivity contribution < 1.29 is 14.3 Å². The van der Waals surface area contributed by atoms with Crippen LogP contribution in [0.4, 0.5) is 5.69 Å². The van der Waals surface area contributed by atoms with Crippen LogP contribution in [0.1, 0.15) is 16.2 Å². The van der Waals surface area contributed by atoms with Crippen LogP contribution in [0.5, 0.6) is 5.75 Å². The molecular weight excluding hydrogens is 244 g/mol. The van der Waals surface area contributed by atoms with E-state index in [2.05, 4.69) is 10.3 Å². The number of anilines is 1. The number of aromatic hydroxyl groups is 1. The SMILES string of the molecule is Cc1ncoc1C(=O)Nc1ccc(O)cc1Cl. The summed E-state index contributed by atoms with van der Waals surface area (Å²) in [5.41, 5.74) is 0.891. The maximum absolute atomic E-state index is 11.8. The molecule has 1 aromatic carbocycles. The zero-order valence-electron chi connectivity index (χ0n) is 8.90. The first kappa shape index (κ1) is 11.5. The van der Waals surface area contributed by atoms with Crippen LogP contribution in [0.25, 0.3) is 0 Å². The van der Waals surface area contributed by atoms with Crippen LogP contribution in [0.2, 0.25) is 5.02 Å². The highest BCUT2D eigenvalue weighted by atomic mass is 35.5. The molecular formula is C11H9ClN2O3. The Labute approximate surface area is 102 Å². The lowest BCUT2D eigenvalue weighted by Gasteiger charge is -2.05. The van der Waals surface area contributed by atoms with Gasteiger partial charge >= 0.3 is 0 Å². The smallest absolute Gasteiger partial charge is 0.293 e. The molecule has 1 aromatic heterocycles. The number of phenols is 1. The fraction of sp³-hybridized carbons (Fsp3) is 0.0909. The van der Waals surface area contributed by atoms with E-state index in [0.717, 1.165) is 0 Å². The quantitative estimate of drug-likeness (QED) is 0.806. The second-order valence-corrected chi connectivity index (χ2v) is 3.79. The highest BCUT2D eigenvalue weighted by molar-refractivity contribution is 6.34. The van der Waals surface area contributed by atoms with Gasteiger partial charge in [0.2, 0.25) is 5.76 Å². The highest BCUT2D eigenvalue weighted by Gasteiger charge is 2.15. The highest BCUT2D eigenvalue weighted by Crippen LogP contribution is 2.26. The van der Waals surface area contributed by atoms with Gasteiger partial charge in [0.1, 0.15) is 5.75 Å². The number of phenolic OH excluding ortho intramolecular Hbond substituents is 1. The van der Waals surface area contributed by atoms with Crippen LogP contribution >= 0.6 is 11.6 Å². The first-order valence-corrected chi connectivity index (χ1v) is 5.15. The molecule has 2 rings (SSSR count). The Morgan fingerprint density at radius 3 is 2.88 bits per heavy atom. The van der Waals surface area contributed by atoms with E-state index in [4.69, 9.17) is 16.0 Å². The number of benzene rings is 1. The first-order valence-electron chi connectivity index (χ1n) is 4.78. The number of nitrogens with one attached hydrogen (secondary N) is 1. The summed E-state index contributed by atoms with van der Waals surface area (Å²) < 4.78 is 4.95. The lowest BCUT2D eigenvalue weighted by atomic mass is 10.3. The Kier molecular flexibility index (Phi) is 3.01. The Morgan fingerprint density at radius 2 is 2.29 bits per heavy atom. The van der Waals surface area contributed by atoms with Gasteiger partial charge in [-0.15, -0.1) is 0 Å². The molecule has 6 heteroatoms. The summed E-state index contributed by atoms with van der Waals surface area (Å²) >= 11 is 5.85. The number of hydrogen-bond donors (Lipinski definition) is 2. The largest absolute Gasteiger partial charge is 0.508 e. The minimum Gasteiger partial charge on any atom is -0.508 e. The van der Waals surface area contributed by atoms with E-state index >= 15 is 0 Å². The number of nitrogens with zero attached hydrogens (tertiary/aromatic N) is 1. The summed E-state index contributed by atoms with van der Waals surface area (Å²) in [5.74, 6) is -0.273. The fourth-order valence-corrected chi connectivity index (χ4v) is 1.53. The molecule has 0 atom stereocenters. The van der Waals surface area contributed by atoms with E-state index in [-0.39, 0.29) is 16.5 Å². The zero-order valence-corrected chi connectivity index (χ0v) is 9.65. The Bertz CT molecular complexity index is 566. The van der Waals surface area contributed by atoms with E-state index in [1.807, 2.05) is 0 Å². The molecule has 0 saturated carbocycles. The van der Waals surface area contributed by atoms with Gasteiger partial charge in [0.25, 0.3) is 5.91 Å². The topological polar surface area (TPSA) is 75.4 Å². The fourth-order valence-electron chi connectivity index (χ4n) is 1.30. The number of carbonyl (C=O) groups is 1. The Morgan fingerprint density at radius 1 is 1.53 bits per heavy atom. The van der Waals surface area contributed by atoms with Crippen molar-refractivity contribution in [2.75, 3.05) is 5.32 Å². The molecule has 17 heavy (non-hydrogen) atoms. The third kappa shape index (κ3) is 2.39. The van der Waals surface area contributed by atoms with Gasteiger partial charge in [-0.1, -0.05) is 11.6 Å². The molecule has 1 heterocycles. The predicted molar refractivity (Wildman–Crippen MR) is 62.3 cm³/mol. The third-order valence-corrected chi connectivity index (χ3v) is 2.47.